The Morgan fingerprint density at radius 3 is 1.89 bits per heavy atom. The van der Waals surface area contributed by atoms with Gasteiger partial charge in [0, 0.05) is 10.8 Å². The molecule has 0 amide bonds. The van der Waals surface area contributed by atoms with Crippen molar-refractivity contribution in [3.8, 4) is 22.3 Å². The number of rotatable bonds is 2. The third-order valence-electron chi connectivity index (χ3n) is 10.3. The van der Waals surface area contributed by atoms with E-state index in [2.05, 4.69) is 162 Å². The summed E-state index contributed by atoms with van der Waals surface area (Å²) in [5, 5.41) is 14.0. The summed E-state index contributed by atoms with van der Waals surface area (Å²) in [4.78, 5) is 5.21. The fourth-order valence-corrected chi connectivity index (χ4v) is 8.13. The standard InChI is InChI=1S/C45H26N2/c1-2-9-35-28(6-1)18-24-38-36-23-21-33(26-41(36)47-40-11-4-3-10-39(40)46-45(47)44(35)38)27-12-14-29(15-13-27)34-22-19-32-17-16-30-7-5-8-31-20-25-37(34)43(32)42(30)31/h1-26H. The molecule has 0 aliphatic rings. The predicted molar refractivity (Wildman–Crippen MR) is 200 cm³/mol. The van der Waals surface area contributed by atoms with Crippen molar-refractivity contribution in [1.29, 1.82) is 0 Å². The van der Waals surface area contributed by atoms with Crippen LogP contribution in [0.3, 0.4) is 0 Å². The lowest BCUT2D eigenvalue weighted by Gasteiger charge is -2.15. The van der Waals surface area contributed by atoms with Crippen molar-refractivity contribution in [2.45, 2.75) is 0 Å². The second-order valence-electron chi connectivity index (χ2n) is 12.7. The minimum Gasteiger partial charge on any atom is -0.292 e. The molecule has 47 heavy (non-hydrogen) atoms. The summed E-state index contributed by atoms with van der Waals surface area (Å²) in [5.41, 5.74) is 9.21. The Morgan fingerprint density at radius 2 is 1.00 bits per heavy atom. The Kier molecular flexibility index (Phi) is 4.87. The first-order valence-electron chi connectivity index (χ1n) is 16.2. The molecule has 216 valence electrons. The van der Waals surface area contributed by atoms with Gasteiger partial charge in [0.25, 0.3) is 0 Å². The average Bonchev–Trinajstić information content (AvgIpc) is 3.53. The first-order valence-corrected chi connectivity index (χ1v) is 16.2. The molecule has 2 heteroatoms. The normalized spacial score (nSPS) is 12.3. The average molecular weight is 595 g/mol. The number of para-hydroxylation sites is 2. The predicted octanol–water partition coefficient (Wildman–Crippen LogP) is 12.2. The van der Waals surface area contributed by atoms with Crippen molar-refractivity contribution in [3.63, 3.8) is 0 Å². The number of hydrogen-bond donors (Lipinski definition) is 0. The molecule has 11 rings (SSSR count). The first-order chi connectivity index (χ1) is 23.3. The topological polar surface area (TPSA) is 17.3 Å². The van der Waals surface area contributed by atoms with Gasteiger partial charge in [0.1, 0.15) is 5.65 Å². The monoisotopic (exact) mass is 594 g/mol. The molecule has 2 aromatic heterocycles. The zero-order valence-corrected chi connectivity index (χ0v) is 25.4. The van der Waals surface area contributed by atoms with E-state index in [9.17, 15) is 0 Å². The highest BCUT2D eigenvalue weighted by Gasteiger charge is 2.17. The Bertz CT molecular complexity index is 3040. The smallest absolute Gasteiger partial charge is 0.147 e. The van der Waals surface area contributed by atoms with E-state index in [4.69, 9.17) is 4.98 Å². The molecule has 0 aliphatic carbocycles. The summed E-state index contributed by atoms with van der Waals surface area (Å²) in [6, 6.07) is 57.8. The van der Waals surface area contributed by atoms with E-state index in [1.165, 1.54) is 87.0 Å². The second kappa shape index (κ2) is 9.15. The van der Waals surface area contributed by atoms with E-state index in [1.54, 1.807) is 0 Å². The van der Waals surface area contributed by atoms with Crippen LogP contribution in [0, 0.1) is 0 Å². The van der Waals surface area contributed by atoms with E-state index >= 15 is 0 Å². The minimum absolute atomic E-state index is 1.01. The molecule has 11 aromatic rings. The van der Waals surface area contributed by atoms with Gasteiger partial charge in [0.15, 0.2) is 0 Å². The van der Waals surface area contributed by atoms with Gasteiger partial charge in [-0.3, -0.25) is 4.40 Å². The molecule has 0 atom stereocenters. The summed E-state index contributed by atoms with van der Waals surface area (Å²) in [6.45, 7) is 0. The van der Waals surface area contributed by atoms with Gasteiger partial charge in [0.05, 0.1) is 16.6 Å². The molecule has 0 aliphatic heterocycles. The van der Waals surface area contributed by atoms with Crippen molar-refractivity contribution in [2.24, 2.45) is 0 Å². The second-order valence-corrected chi connectivity index (χ2v) is 12.7. The molecule has 2 heterocycles. The number of hydrogen-bond acceptors (Lipinski definition) is 1. The van der Waals surface area contributed by atoms with Crippen molar-refractivity contribution >= 4 is 81.4 Å². The zero-order valence-electron chi connectivity index (χ0n) is 25.4. The van der Waals surface area contributed by atoms with Gasteiger partial charge < -0.3 is 0 Å². The van der Waals surface area contributed by atoms with Gasteiger partial charge in [-0.05, 0) is 88.9 Å². The number of nitrogens with zero attached hydrogens (tertiary/aromatic N) is 2. The summed E-state index contributed by atoms with van der Waals surface area (Å²) in [5.74, 6) is 0. The third kappa shape index (κ3) is 3.42. The van der Waals surface area contributed by atoms with Crippen molar-refractivity contribution < 1.29 is 0 Å². The quantitative estimate of drug-likeness (QED) is 0.182. The van der Waals surface area contributed by atoms with Crippen LogP contribution in [-0.2, 0) is 0 Å². The number of benzene rings is 9. The number of aromatic nitrogens is 2. The zero-order chi connectivity index (χ0) is 30.6. The summed E-state index contributed by atoms with van der Waals surface area (Å²) in [6.07, 6.45) is 0. The molecule has 0 saturated carbocycles. The molecule has 9 aromatic carbocycles. The maximum absolute atomic E-state index is 5.21. The van der Waals surface area contributed by atoms with Gasteiger partial charge in [-0.15, -0.1) is 0 Å². The Labute approximate surface area is 270 Å². The van der Waals surface area contributed by atoms with E-state index < -0.39 is 0 Å². The number of imidazole rings is 1. The summed E-state index contributed by atoms with van der Waals surface area (Å²) < 4.78 is 2.36. The molecule has 0 saturated heterocycles. The van der Waals surface area contributed by atoms with Crippen LogP contribution in [-0.4, -0.2) is 9.38 Å². The van der Waals surface area contributed by atoms with Gasteiger partial charge in [-0.1, -0.05) is 140 Å². The Hall–Kier alpha value is -6.25. The molecule has 0 radical (unpaired) electrons. The molecule has 2 nitrogen and oxygen atoms in total. The van der Waals surface area contributed by atoms with Crippen LogP contribution in [0.2, 0.25) is 0 Å². The van der Waals surface area contributed by atoms with Crippen LogP contribution in [0.1, 0.15) is 0 Å². The van der Waals surface area contributed by atoms with E-state index in [0.717, 1.165) is 16.7 Å². The van der Waals surface area contributed by atoms with Crippen LogP contribution in [0.4, 0.5) is 0 Å². The maximum Gasteiger partial charge on any atom is 0.147 e. The van der Waals surface area contributed by atoms with E-state index in [1.807, 2.05) is 0 Å². The van der Waals surface area contributed by atoms with Crippen molar-refractivity contribution in [1.82, 2.24) is 9.38 Å². The van der Waals surface area contributed by atoms with Crippen LogP contribution in [0.15, 0.2) is 158 Å². The van der Waals surface area contributed by atoms with Gasteiger partial charge in [-0.2, -0.15) is 0 Å². The minimum atomic E-state index is 1.01. The molecule has 0 N–H and O–H groups in total. The Morgan fingerprint density at radius 1 is 0.362 bits per heavy atom. The van der Waals surface area contributed by atoms with E-state index in [0.29, 0.717) is 0 Å². The molecular formula is C45H26N2. The first kappa shape index (κ1) is 25.0. The summed E-state index contributed by atoms with van der Waals surface area (Å²) in [7, 11) is 0. The fraction of sp³-hybridized carbons (Fsp3) is 0. The number of pyridine rings is 1. The third-order valence-corrected chi connectivity index (χ3v) is 10.3. The van der Waals surface area contributed by atoms with Crippen LogP contribution < -0.4 is 0 Å². The lowest BCUT2D eigenvalue weighted by Crippen LogP contribution is -1.93. The highest BCUT2D eigenvalue weighted by Crippen LogP contribution is 2.41. The van der Waals surface area contributed by atoms with Crippen LogP contribution >= 0.6 is 0 Å². The SMILES string of the molecule is c1ccc2c(c1)ccc1c3ccc(-c4ccc(-c5ccc6ccc7cccc8ccc5c6c78)cc4)cc3n3c4ccccc4nc3c21. The molecular weight excluding hydrogens is 569 g/mol. The molecule has 0 unspecified atom stereocenters. The Balaban J connectivity index is 1.11. The van der Waals surface area contributed by atoms with Gasteiger partial charge >= 0.3 is 0 Å². The molecule has 0 fully saturated rings. The van der Waals surface area contributed by atoms with E-state index in [-0.39, 0.29) is 0 Å². The molecule has 0 bridgehead atoms. The van der Waals surface area contributed by atoms with Crippen molar-refractivity contribution in [2.75, 3.05) is 0 Å². The van der Waals surface area contributed by atoms with Gasteiger partial charge in [0.2, 0.25) is 0 Å². The lowest BCUT2D eigenvalue weighted by atomic mass is 9.89. The number of fused-ring (bicyclic) bond motifs is 10. The molecule has 0 spiro atoms. The largest absolute Gasteiger partial charge is 0.292 e. The van der Waals surface area contributed by atoms with Gasteiger partial charge in [-0.25, -0.2) is 4.98 Å². The van der Waals surface area contributed by atoms with Crippen LogP contribution in [0.25, 0.3) is 104 Å². The highest BCUT2D eigenvalue weighted by molar-refractivity contribution is 6.26. The fourth-order valence-electron chi connectivity index (χ4n) is 8.13. The highest BCUT2D eigenvalue weighted by atomic mass is 15.0. The lowest BCUT2D eigenvalue weighted by molar-refractivity contribution is 1.32. The summed E-state index contributed by atoms with van der Waals surface area (Å²) >= 11 is 0. The van der Waals surface area contributed by atoms with Crippen molar-refractivity contribution in [3.05, 3.63) is 158 Å². The van der Waals surface area contributed by atoms with Crippen LogP contribution in [0.5, 0.6) is 0 Å². The maximum atomic E-state index is 5.21.